The third-order valence-electron chi connectivity index (χ3n) is 4.71. The average molecular weight is 405 g/mol. The molecule has 4 rings (SSSR count). The number of aromatic nitrogens is 3. The van der Waals surface area contributed by atoms with E-state index in [1.165, 1.54) is 24.3 Å². The van der Waals surface area contributed by atoms with E-state index in [0.29, 0.717) is 29.1 Å². The Kier molecular flexibility index (Phi) is 5.01. The van der Waals surface area contributed by atoms with E-state index in [4.69, 9.17) is 9.72 Å². The van der Waals surface area contributed by atoms with E-state index in [1.54, 1.807) is 11.8 Å². The molecular formula is C21H19N5O4. The average Bonchev–Trinajstić information content (AvgIpc) is 3.08. The van der Waals surface area contributed by atoms with E-state index < -0.39 is 10.8 Å². The highest BCUT2D eigenvalue weighted by molar-refractivity contribution is 6.09. The number of hydrogen-bond donors (Lipinski definition) is 1. The normalized spacial score (nSPS) is 11.0. The van der Waals surface area contributed by atoms with Gasteiger partial charge in [0.2, 0.25) is 0 Å². The molecule has 1 amide bonds. The monoisotopic (exact) mass is 405 g/mol. The molecule has 30 heavy (non-hydrogen) atoms. The van der Waals surface area contributed by atoms with Crippen LogP contribution in [0.2, 0.25) is 0 Å². The molecular weight excluding hydrogens is 386 g/mol. The largest absolute Gasteiger partial charge is 0.497 e. The van der Waals surface area contributed by atoms with Gasteiger partial charge in [0.1, 0.15) is 5.75 Å². The topological polar surface area (TPSA) is 112 Å². The third-order valence-corrected chi connectivity index (χ3v) is 4.71. The number of nitrogens with one attached hydrogen (secondary N) is 1. The first-order chi connectivity index (χ1) is 14.5. The summed E-state index contributed by atoms with van der Waals surface area (Å²) in [5, 5.41) is 19.8. The van der Waals surface area contributed by atoms with Gasteiger partial charge in [0.25, 0.3) is 11.6 Å². The first-order valence-electron chi connectivity index (χ1n) is 9.41. The number of nitro benzene ring substituents is 1. The highest BCUT2D eigenvalue weighted by Gasteiger charge is 2.18. The Morgan fingerprint density at radius 1 is 1.23 bits per heavy atom. The summed E-state index contributed by atoms with van der Waals surface area (Å²) in [6.45, 7) is 2.67. The van der Waals surface area contributed by atoms with Crippen molar-refractivity contribution in [2.45, 2.75) is 19.9 Å². The lowest BCUT2D eigenvalue weighted by Gasteiger charge is -2.04. The molecule has 0 saturated carbocycles. The van der Waals surface area contributed by atoms with Crippen LogP contribution in [0.15, 0.2) is 48.5 Å². The van der Waals surface area contributed by atoms with Gasteiger partial charge in [0.05, 0.1) is 22.9 Å². The van der Waals surface area contributed by atoms with Gasteiger partial charge in [-0.25, -0.2) is 9.67 Å². The number of non-ortho nitro benzene ring substituents is 1. The quantitative estimate of drug-likeness (QED) is 0.381. The fraction of sp³-hybridized carbons (Fsp3) is 0.190. The number of carbonyl (C=O) groups is 1. The summed E-state index contributed by atoms with van der Waals surface area (Å²) in [6, 6.07) is 13.1. The van der Waals surface area contributed by atoms with E-state index in [1.807, 2.05) is 31.2 Å². The summed E-state index contributed by atoms with van der Waals surface area (Å²) in [7, 11) is 1.59. The standard InChI is InChI=1S/C21H19N5O4/c1-3-9-25-20-17(12-14-11-16(30-2)7-8-18(14)22-20)19(24-25)23-21(27)13-5-4-6-15(10-13)26(28)29/h4-8,10-12H,3,9H2,1-2H3,(H,23,24,27). The van der Waals surface area contributed by atoms with E-state index in [9.17, 15) is 14.9 Å². The van der Waals surface area contributed by atoms with Crippen molar-refractivity contribution < 1.29 is 14.5 Å². The summed E-state index contributed by atoms with van der Waals surface area (Å²) in [5.41, 5.74) is 1.47. The highest BCUT2D eigenvalue weighted by atomic mass is 16.6. The molecule has 0 atom stereocenters. The number of rotatable bonds is 6. The van der Waals surface area contributed by atoms with Gasteiger partial charge >= 0.3 is 0 Å². The first kappa shape index (κ1) is 19.3. The van der Waals surface area contributed by atoms with Crippen LogP contribution in [0, 0.1) is 10.1 Å². The Labute approximate surface area is 171 Å². The molecule has 0 saturated heterocycles. The number of carbonyl (C=O) groups excluding carboxylic acids is 1. The lowest BCUT2D eigenvalue weighted by Crippen LogP contribution is -2.13. The number of aryl methyl sites for hydroxylation is 1. The second-order valence-corrected chi connectivity index (χ2v) is 6.75. The molecule has 9 nitrogen and oxygen atoms in total. The van der Waals surface area contributed by atoms with Gasteiger partial charge in [-0.3, -0.25) is 14.9 Å². The Morgan fingerprint density at radius 3 is 2.80 bits per heavy atom. The number of ether oxygens (including phenoxy) is 1. The molecule has 2 aromatic heterocycles. The number of pyridine rings is 1. The lowest BCUT2D eigenvalue weighted by molar-refractivity contribution is -0.384. The summed E-state index contributed by atoms with van der Waals surface area (Å²) >= 11 is 0. The highest BCUT2D eigenvalue weighted by Crippen LogP contribution is 2.28. The van der Waals surface area contributed by atoms with Gasteiger partial charge in [-0.15, -0.1) is 0 Å². The number of amides is 1. The summed E-state index contributed by atoms with van der Waals surface area (Å²) < 4.78 is 7.04. The minimum Gasteiger partial charge on any atom is -0.497 e. The molecule has 0 aliphatic rings. The van der Waals surface area contributed by atoms with Gasteiger partial charge in [-0.05, 0) is 36.8 Å². The molecule has 2 heterocycles. The van der Waals surface area contributed by atoms with Crippen LogP contribution in [-0.2, 0) is 6.54 Å². The van der Waals surface area contributed by atoms with Gasteiger partial charge in [0, 0.05) is 29.6 Å². The smallest absolute Gasteiger partial charge is 0.270 e. The number of benzene rings is 2. The van der Waals surface area contributed by atoms with Crippen LogP contribution in [-0.4, -0.2) is 32.7 Å². The summed E-state index contributed by atoms with van der Waals surface area (Å²) in [6.07, 6.45) is 0.845. The molecule has 0 radical (unpaired) electrons. The molecule has 152 valence electrons. The number of fused-ring (bicyclic) bond motifs is 2. The van der Waals surface area contributed by atoms with Gasteiger partial charge < -0.3 is 10.1 Å². The summed E-state index contributed by atoms with van der Waals surface area (Å²) in [4.78, 5) is 27.9. The van der Waals surface area contributed by atoms with E-state index in [0.717, 1.165) is 17.3 Å². The van der Waals surface area contributed by atoms with Crippen molar-refractivity contribution in [1.82, 2.24) is 14.8 Å². The molecule has 2 aromatic carbocycles. The number of hydrogen-bond acceptors (Lipinski definition) is 6. The number of nitrogens with zero attached hydrogens (tertiary/aromatic N) is 4. The number of methoxy groups -OCH3 is 1. The van der Waals surface area contributed by atoms with Crippen LogP contribution in [0.5, 0.6) is 5.75 Å². The molecule has 0 fully saturated rings. The molecule has 0 unspecified atom stereocenters. The van der Waals surface area contributed by atoms with Crippen LogP contribution in [0.4, 0.5) is 11.5 Å². The fourth-order valence-electron chi connectivity index (χ4n) is 3.26. The van der Waals surface area contributed by atoms with E-state index >= 15 is 0 Å². The predicted octanol–water partition coefficient (Wildman–Crippen LogP) is 4.16. The van der Waals surface area contributed by atoms with Crippen LogP contribution in [0.3, 0.4) is 0 Å². The second kappa shape index (κ2) is 7.78. The molecule has 1 N–H and O–H groups in total. The minimum atomic E-state index is -0.536. The zero-order valence-corrected chi connectivity index (χ0v) is 16.5. The van der Waals surface area contributed by atoms with Crippen molar-refractivity contribution in [3.05, 3.63) is 64.2 Å². The van der Waals surface area contributed by atoms with E-state index in [2.05, 4.69) is 10.4 Å². The minimum absolute atomic E-state index is 0.149. The van der Waals surface area contributed by atoms with Crippen molar-refractivity contribution in [2.24, 2.45) is 0 Å². The maximum atomic E-state index is 12.7. The fourth-order valence-corrected chi connectivity index (χ4v) is 3.26. The van der Waals surface area contributed by atoms with Gasteiger partial charge in [0.15, 0.2) is 11.5 Å². The zero-order valence-electron chi connectivity index (χ0n) is 16.5. The Morgan fingerprint density at radius 2 is 2.07 bits per heavy atom. The van der Waals surface area contributed by atoms with Crippen LogP contribution in [0.25, 0.3) is 21.9 Å². The van der Waals surface area contributed by atoms with Crippen molar-refractivity contribution in [2.75, 3.05) is 12.4 Å². The molecule has 0 spiro atoms. The van der Waals surface area contributed by atoms with Gasteiger partial charge in [-0.2, -0.15) is 5.10 Å². The van der Waals surface area contributed by atoms with E-state index in [-0.39, 0.29) is 11.3 Å². The van der Waals surface area contributed by atoms with Crippen molar-refractivity contribution >= 4 is 39.3 Å². The molecule has 4 aromatic rings. The van der Waals surface area contributed by atoms with Crippen LogP contribution >= 0.6 is 0 Å². The Balaban J connectivity index is 1.79. The third kappa shape index (κ3) is 3.52. The SMILES string of the molecule is CCCn1nc(NC(=O)c2cccc([N+](=O)[O-])c2)c2cc3cc(OC)ccc3nc21. The number of nitro groups is 1. The first-order valence-corrected chi connectivity index (χ1v) is 9.41. The Bertz CT molecular complexity index is 1280. The van der Waals surface area contributed by atoms with Crippen LogP contribution in [0.1, 0.15) is 23.7 Å². The van der Waals surface area contributed by atoms with Gasteiger partial charge in [-0.1, -0.05) is 13.0 Å². The Hall–Kier alpha value is -4.01. The van der Waals surface area contributed by atoms with Crippen LogP contribution < -0.4 is 10.1 Å². The lowest BCUT2D eigenvalue weighted by atomic mass is 10.1. The predicted molar refractivity (Wildman–Crippen MR) is 113 cm³/mol. The number of anilines is 1. The summed E-state index contributed by atoms with van der Waals surface area (Å²) in [5.74, 6) is 0.575. The molecule has 0 aliphatic heterocycles. The molecule has 0 aliphatic carbocycles. The maximum absolute atomic E-state index is 12.7. The van der Waals surface area contributed by atoms with Crippen molar-refractivity contribution in [3.63, 3.8) is 0 Å². The maximum Gasteiger partial charge on any atom is 0.270 e. The molecule has 9 heteroatoms. The molecule has 0 bridgehead atoms. The van der Waals surface area contributed by atoms with Crippen molar-refractivity contribution in [1.29, 1.82) is 0 Å². The second-order valence-electron chi connectivity index (χ2n) is 6.75. The van der Waals surface area contributed by atoms with Crippen molar-refractivity contribution in [3.8, 4) is 5.75 Å². The zero-order chi connectivity index (χ0) is 21.3.